The van der Waals surface area contributed by atoms with Crippen molar-refractivity contribution < 1.29 is 14.7 Å². The molecule has 0 aliphatic heterocycles. The van der Waals surface area contributed by atoms with E-state index in [0.717, 1.165) is 11.1 Å². The Kier molecular flexibility index (Phi) is 5.54. The van der Waals surface area contributed by atoms with E-state index >= 15 is 0 Å². The summed E-state index contributed by atoms with van der Waals surface area (Å²) in [5.41, 5.74) is 1.60. The second-order valence-corrected chi connectivity index (χ2v) is 5.05. The van der Waals surface area contributed by atoms with Crippen molar-refractivity contribution in [1.29, 1.82) is 0 Å². The first-order valence-corrected chi connectivity index (χ1v) is 7.17. The van der Waals surface area contributed by atoms with Gasteiger partial charge in [0.25, 0.3) is 0 Å². The van der Waals surface area contributed by atoms with E-state index in [4.69, 9.17) is 11.5 Å². The molecule has 1 N–H and O–H groups in total. The van der Waals surface area contributed by atoms with Gasteiger partial charge in [0.05, 0.1) is 12.5 Å². The fourth-order valence-corrected chi connectivity index (χ4v) is 2.44. The number of benzene rings is 2. The van der Waals surface area contributed by atoms with Crippen molar-refractivity contribution in [2.24, 2.45) is 0 Å². The Balaban J connectivity index is 2.42. The first kappa shape index (κ1) is 16.3. The molecule has 0 heterocycles. The van der Waals surface area contributed by atoms with Gasteiger partial charge in [-0.05, 0) is 11.1 Å². The van der Waals surface area contributed by atoms with Crippen LogP contribution >= 0.6 is 0 Å². The first-order chi connectivity index (χ1) is 11.1. The smallest absolute Gasteiger partial charge is 0.323 e. The molecule has 4 nitrogen and oxygen atoms in total. The van der Waals surface area contributed by atoms with E-state index in [1.54, 1.807) is 0 Å². The SMILES string of the molecule is C#CCN(CC(=O)O)C(=O)C(c1ccccc1)c1ccccc1. The van der Waals surface area contributed by atoms with Crippen molar-refractivity contribution in [2.45, 2.75) is 5.92 Å². The van der Waals surface area contributed by atoms with Crippen LogP contribution in [0.1, 0.15) is 17.0 Å². The summed E-state index contributed by atoms with van der Waals surface area (Å²) in [5.74, 6) is 0.369. The molecule has 0 radical (unpaired) electrons. The van der Waals surface area contributed by atoms with Crippen molar-refractivity contribution in [2.75, 3.05) is 13.1 Å². The van der Waals surface area contributed by atoms with Crippen LogP contribution < -0.4 is 0 Å². The summed E-state index contributed by atoms with van der Waals surface area (Å²) >= 11 is 0. The monoisotopic (exact) mass is 307 g/mol. The van der Waals surface area contributed by atoms with E-state index < -0.39 is 18.4 Å². The summed E-state index contributed by atoms with van der Waals surface area (Å²) < 4.78 is 0. The van der Waals surface area contributed by atoms with Crippen molar-refractivity contribution in [1.82, 2.24) is 4.90 Å². The van der Waals surface area contributed by atoms with Crippen LogP contribution in [0.4, 0.5) is 0 Å². The number of nitrogens with zero attached hydrogens (tertiary/aromatic N) is 1. The Morgan fingerprint density at radius 3 is 1.87 bits per heavy atom. The summed E-state index contributed by atoms with van der Waals surface area (Å²) in [6.45, 7) is -0.458. The highest BCUT2D eigenvalue weighted by Gasteiger charge is 2.28. The molecular weight excluding hydrogens is 290 g/mol. The van der Waals surface area contributed by atoms with Crippen LogP contribution in [0.15, 0.2) is 60.7 Å². The Labute approximate surface area is 135 Å². The number of carboxylic acid groups (broad SMARTS) is 1. The van der Waals surface area contributed by atoms with Crippen LogP contribution in [-0.2, 0) is 9.59 Å². The van der Waals surface area contributed by atoms with Gasteiger partial charge in [-0.3, -0.25) is 9.59 Å². The highest BCUT2D eigenvalue weighted by molar-refractivity contribution is 5.89. The van der Waals surface area contributed by atoms with Crippen LogP contribution in [0, 0.1) is 12.3 Å². The summed E-state index contributed by atoms with van der Waals surface area (Å²) in [6, 6.07) is 18.5. The molecule has 0 saturated carbocycles. The summed E-state index contributed by atoms with van der Waals surface area (Å²) in [5, 5.41) is 9.02. The van der Waals surface area contributed by atoms with Gasteiger partial charge in [0.2, 0.25) is 5.91 Å². The molecule has 4 heteroatoms. The van der Waals surface area contributed by atoms with E-state index in [1.165, 1.54) is 4.90 Å². The Morgan fingerprint density at radius 2 is 1.48 bits per heavy atom. The third-order valence-electron chi connectivity index (χ3n) is 3.43. The second-order valence-electron chi connectivity index (χ2n) is 5.05. The number of aliphatic carboxylic acids is 1. The van der Waals surface area contributed by atoms with E-state index in [-0.39, 0.29) is 12.5 Å². The molecule has 0 fully saturated rings. The minimum Gasteiger partial charge on any atom is -0.480 e. The highest BCUT2D eigenvalue weighted by atomic mass is 16.4. The van der Waals surface area contributed by atoms with E-state index in [9.17, 15) is 9.59 Å². The quantitative estimate of drug-likeness (QED) is 0.834. The molecule has 116 valence electrons. The molecule has 0 aliphatic carbocycles. The Morgan fingerprint density at radius 1 is 1.00 bits per heavy atom. The van der Waals surface area contributed by atoms with E-state index in [0.29, 0.717) is 0 Å². The third-order valence-corrected chi connectivity index (χ3v) is 3.43. The molecule has 0 spiro atoms. The average Bonchev–Trinajstić information content (AvgIpc) is 2.56. The number of carboxylic acids is 1. The largest absolute Gasteiger partial charge is 0.480 e. The molecule has 0 unspecified atom stereocenters. The molecule has 23 heavy (non-hydrogen) atoms. The molecule has 2 aromatic rings. The average molecular weight is 307 g/mol. The van der Waals surface area contributed by atoms with Gasteiger partial charge in [0.15, 0.2) is 0 Å². The summed E-state index contributed by atoms with van der Waals surface area (Å²) in [6.07, 6.45) is 5.28. The van der Waals surface area contributed by atoms with Crippen molar-refractivity contribution >= 4 is 11.9 Å². The van der Waals surface area contributed by atoms with Gasteiger partial charge in [-0.15, -0.1) is 6.42 Å². The van der Waals surface area contributed by atoms with Gasteiger partial charge >= 0.3 is 5.97 Å². The summed E-state index contributed by atoms with van der Waals surface area (Å²) in [7, 11) is 0. The highest BCUT2D eigenvalue weighted by Crippen LogP contribution is 2.26. The first-order valence-electron chi connectivity index (χ1n) is 7.17. The third kappa shape index (κ3) is 4.21. The van der Waals surface area contributed by atoms with Gasteiger partial charge in [-0.2, -0.15) is 0 Å². The van der Waals surface area contributed by atoms with Gasteiger partial charge < -0.3 is 10.0 Å². The molecule has 1 amide bonds. The van der Waals surface area contributed by atoms with E-state index in [2.05, 4.69) is 5.92 Å². The maximum Gasteiger partial charge on any atom is 0.323 e. The van der Waals surface area contributed by atoms with Gasteiger partial charge in [0, 0.05) is 0 Å². The zero-order valence-corrected chi connectivity index (χ0v) is 12.6. The molecule has 0 atom stereocenters. The summed E-state index contributed by atoms with van der Waals surface area (Å²) in [4.78, 5) is 25.1. The Hall–Kier alpha value is -3.06. The van der Waals surface area contributed by atoms with Crippen molar-refractivity contribution in [3.05, 3.63) is 71.8 Å². The molecule has 0 aromatic heterocycles. The second kappa shape index (κ2) is 7.81. The number of amides is 1. The number of carbonyl (C=O) groups excluding carboxylic acids is 1. The molecule has 0 aliphatic rings. The fraction of sp³-hybridized carbons (Fsp3) is 0.158. The van der Waals surface area contributed by atoms with Gasteiger partial charge in [-0.25, -0.2) is 0 Å². The van der Waals surface area contributed by atoms with E-state index in [1.807, 2.05) is 60.7 Å². The normalized spacial score (nSPS) is 10.1. The van der Waals surface area contributed by atoms with Gasteiger partial charge in [-0.1, -0.05) is 66.6 Å². The zero-order chi connectivity index (χ0) is 16.7. The van der Waals surface area contributed by atoms with Crippen molar-refractivity contribution in [3.63, 3.8) is 0 Å². The van der Waals surface area contributed by atoms with Crippen LogP contribution in [0.3, 0.4) is 0 Å². The predicted octanol–water partition coefficient (Wildman–Crippen LogP) is 2.36. The lowest BCUT2D eigenvalue weighted by Crippen LogP contribution is -2.39. The molecular formula is C19H17NO3. The topological polar surface area (TPSA) is 57.6 Å². The number of terminal acetylenes is 1. The maximum absolute atomic E-state index is 12.9. The van der Waals surface area contributed by atoms with Gasteiger partial charge in [0.1, 0.15) is 6.54 Å². The van der Waals surface area contributed by atoms with Crippen molar-refractivity contribution in [3.8, 4) is 12.3 Å². The molecule has 2 aromatic carbocycles. The number of carbonyl (C=O) groups is 2. The number of hydrogen-bond acceptors (Lipinski definition) is 2. The number of rotatable bonds is 6. The molecule has 2 rings (SSSR count). The van der Waals surface area contributed by atoms with Crippen LogP contribution in [0.25, 0.3) is 0 Å². The minimum atomic E-state index is -1.09. The lowest BCUT2D eigenvalue weighted by atomic mass is 9.90. The standard InChI is InChI=1S/C19H17NO3/c1-2-13-20(14-17(21)22)19(23)18(15-9-5-3-6-10-15)16-11-7-4-8-12-16/h1,3-12,18H,13-14H2,(H,21,22). The van der Waals surface area contributed by atoms with Crippen LogP contribution in [0.2, 0.25) is 0 Å². The molecule has 0 saturated heterocycles. The van der Waals surface area contributed by atoms with Crippen LogP contribution in [0.5, 0.6) is 0 Å². The number of hydrogen-bond donors (Lipinski definition) is 1. The zero-order valence-electron chi connectivity index (χ0n) is 12.6. The fourth-order valence-electron chi connectivity index (χ4n) is 2.44. The molecule has 0 bridgehead atoms. The Bertz CT molecular complexity index is 665. The van der Waals surface area contributed by atoms with Crippen LogP contribution in [-0.4, -0.2) is 35.0 Å². The lowest BCUT2D eigenvalue weighted by Gasteiger charge is -2.25. The lowest BCUT2D eigenvalue weighted by molar-refractivity contribution is -0.144. The maximum atomic E-state index is 12.9. The minimum absolute atomic E-state index is 0.0404. The predicted molar refractivity (Wildman–Crippen MR) is 87.8 cm³/mol.